The molecule has 116 valence electrons. The third-order valence-corrected chi connectivity index (χ3v) is 3.79. The van der Waals surface area contributed by atoms with Gasteiger partial charge in [0.1, 0.15) is 5.56 Å². The van der Waals surface area contributed by atoms with Gasteiger partial charge >= 0.3 is 0 Å². The molecule has 1 amide bonds. The maximum absolute atomic E-state index is 11.8. The van der Waals surface area contributed by atoms with Gasteiger partial charge in [-0.15, -0.1) is 0 Å². The molecule has 5 heteroatoms. The first kappa shape index (κ1) is 16.2. The quantitative estimate of drug-likeness (QED) is 0.891. The Balaban J connectivity index is 2.58. The molecule has 0 atom stereocenters. The molecule has 0 fully saturated rings. The largest absolute Gasteiger partial charge is 0.494 e. The Morgan fingerprint density at radius 3 is 2.27 bits per heavy atom. The number of primary amides is 1. The lowest BCUT2D eigenvalue weighted by atomic mass is 10.0. The fraction of sp³-hybridized carbons (Fsp3) is 0.235. The molecule has 0 aliphatic rings. The molecule has 4 nitrogen and oxygen atoms in total. The second-order valence-corrected chi connectivity index (χ2v) is 5.67. The van der Waals surface area contributed by atoms with Crippen LogP contribution < -0.4 is 15.8 Å². The van der Waals surface area contributed by atoms with Crippen molar-refractivity contribution in [1.82, 2.24) is 0 Å². The predicted octanol–water partition coefficient (Wildman–Crippen LogP) is 4.12. The van der Waals surface area contributed by atoms with Gasteiger partial charge in [-0.3, -0.25) is 4.79 Å². The molecule has 0 aromatic heterocycles. The maximum Gasteiger partial charge on any atom is 0.254 e. The summed E-state index contributed by atoms with van der Waals surface area (Å²) < 4.78 is 5.22. The molecule has 0 saturated carbocycles. The van der Waals surface area contributed by atoms with Crippen molar-refractivity contribution in [3.05, 3.63) is 51.5 Å². The van der Waals surface area contributed by atoms with Gasteiger partial charge in [0.15, 0.2) is 5.75 Å². The Morgan fingerprint density at radius 1 is 1.18 bits per heavy atom. The van der Waals surface area contributed by atoms with E-state index in [1.807, 2.05) is 20.8 Å². The van der Waals surface area contributed by atoms with Crippen molar-refractivity contribution in [3.63, 3.8) is 0 Å². The number of hydrogen-bond donors (Lipinski definition) is 2. The van der Waals surface area contributed by atoms with E-state index < -0.39 is 5.91 Å². The Kier molecular flexibility index (Phi) is 4.62. The zero-order valence-electron chi connectivity index (χ0n) is 13.1. The van der Waals surface area contributed by atoms with Crippen molar-refractivity contribution in [2.24, 2.45) is 5.73 Å². The molecule has 0 radical (unpaired) electrons. The minimum absolute atomic E-state index is 0.245. The Hall–Kier alpha value is -2.20. The summed E-state index contributed by atoms with van der Waals surface area (Å²) in [6, 6.07) is 7.55. The van der Waals surface area contributed by atoms with Crippen molar-refractivity contribution in [1.29, 1.82) is 0 Å². The number of amides is 1. The number of rotatable bonds is 4. The molecule has 0 spiro atoms. The Morgan fingerprint density at radius 2 is 1.77 bits per heavy atom. The standard InChI is InChI=1S/C17H19ClN2O2/c1-9-7-10(2)15(11(3)8-9)20-13-6-5-12(18)16(22-4)14(13)17(19)21/h5-8,20H,1-4H3,(H2,19,21). The molecule has 0 unspecified atom stereocenters. The molecule has 2 aromatic carbocycles. The van der Waals surface area contributed by atoms with Crippen LogP contribution in [0.4, 0.5) is 11.4 Å². The van der Waals surface area contributed by atoms with Crippen LogP contribution in [0.3, 0.4) is 0 Å². The number of nitrogens with two attached hydrogens (primary N) is 1. The summed E-state index contributed by atoms with van der Waals surface area (Å²) in [5, 5.41) is 3.63. The first-order chi connectivity index (χ1) is 10.3. The van der Waals surface area contributed by atoms with Crippen molar-refractivity contribution < 1.29 is 9.53 Å². The van der Waals surface area contributed by atoms with Crippen molar-refractivity contribution in [3.8, 4) is 5.75 Å². The summed E-state index contributed by atoms with van der Waals surface area (Å²) in [5.41, 5.74) is 10.6. The van der Waals surface area contributed by atoms with Gasteiger partial charge in [-0.05, 0) is 44.0 Å². The molecule has 0 aliphatic heterocycles. The topological polar surface area (TPSA) is 64.3 Å². The summed E-state index contributed by atoms with van der Waals surface area (Å²) in [7, 11) is 1.46. The molecule has 0 heterocycles. The molecule has 22 heavy (non-hydrogen) atoms. The minimum Gasteiger partial charge on any atom is -0.494 e. The average molecular weight is 319 g/mol. The highest BCUT2D eigenvalue weighted by Gasteiger charge is 2.19. The predicted molar refractivity (Wildman–Crippen MR) is 90.5 cm³/mol. The van der Waals surface area contributed by atoms with Gasteiger partial charge in [0.25, 0.3) is 5.91 Å². The summed E-state index contributed by atoms with van der Waals surface area (Å²) in [4.78, 5) is 11.8. The fourth-order valence-corrected chi connectivity index (χ4v) is 2.85. The van der Waals surface area contributed by atoms with Crippen LogP contribution in [0.25, 0.3) is 0 Å². The van der Waals surface area contributed by atoms with Crippen LogP contribution in [0.15, 0.2) is 24.3 Å². The van der Waals surface area contributed by atoms with E-state index in [-0.39, 0.29) is 11.3 Å². The van der Waals surface area contributed by atoms with E-state index in [2.05, 4.69) is 17.4 Å². The minimum atomic E-state index is -0.593. The van der Waals surface area contributed by atoms with Crippen molar-refractivity contribution >= 4 is 28.9 Å². The van der Waals surface area contributed by atoms with Gasteiger partial charge in [0.05, 0.1) is 17.8 Å². The number of carbonyl (C=O) groups excluding carboxylic acids is 1. The second-order valence-electron chi connectivity index (χ2n) is 5.27. The van der Waals surface area contributed by atoms with Crippen molar-refractivity contribution in [2.45, 2.75) is 20.8 Å². The highest BCUT2D eigenvalue weighted by Crippen LogP contribution is 2.36. The van der Waals surface area contributed by atoms with Gasteiger partial charge in [-0.1, -0.05) is 29.3 Å². The fourth-order valence-electron chi connectivity index (χ4n) is 2.62. The normalized spacial score (nSPS) is 10.4. The molecule has 3 N–H and O–H groups in total. The van der Waals surface area contributed by atoms with E-state index in [0.717, 1.165) is 16.8 Å². The van der Waals surface area contributed by atoms with Crippen LogP contribution in [0.2, 0.25) is 5.02 Å². The summed E-state index contributed by atoms with van der Waals surface area (Å²) in [5.74, 6) is -0.314. The first-order valence-electron chi connectivity index (χ1n) is 6.86. The number of benzene rings is 2. The van der Waals surface area contributed by atoms with Crippen LogP contribution in [-0.2, 0) is 0 Å². The van der Waals surface area contributed by atoms with E-state index in [9.17, 15) is 4.79 Å². The van der Waals surface area contributed by atoms with E-state index >= 15 is 0 Å². The third-order valence-electron chi connectivity index (χ3n) is 3.50. The van der Waals surface area contributed by atoms with Gasteiger partial charge in [-0.2, -0.15) is 0 Å². The number of anilines is 2. The monoisotopic (exact) mass is 318 g/mol. The van der Waals surface area contributed by atoms with Gasteiger partial charge < -0.3 is 15.8 Å². The lowest BCUT2D eigenvalue weighted by molar-refractivity contribution is 0.0998. The molecule has 2 aromatic rings. The van der Waals surface area contributed by atoms with Crippen LogP contribution in [0, 0.1) is 20.8 Å². The van der Waals surface area contributed by atoms with E-state index in [4.69, 9.17) is 22.1 Å². The van der Waals surface area contributed by atoms with E-state index in [0.29, 0.717) is 10.7 Å². The van der Waals surface area contributed by atoms with Crippen molar-refractivity contribution in [2.75, 3.05) is 12.4 Å². The Labute approximate surface area is 135 Å². The zero-order chi connectivity index (χ0) is 16.4. The maximum atomic E-state index is 11.8. The van der Waals surface area contributed by atoms with Gasteiger partial charge in [-0.25, -0.2) is 0 Å². The lowest BCUT2D eigenvalue weighted by Gasteiger charge is -2.18. The van der Waals surface area contributed by atoms with E-state index in [1.165, 1.54) is 12.7 Å². The summed E-state index contributed by atoms with van der Waals surface area (Å²) >= 11 is 6.07. The number of hydrogen-bond acceptors (Lipinski definition) is 3. The smallest absolute Gasteiger partial charge is 0.254 e. The lowest BCUT2D eigenvalue weighted by Crippen LogP contribution is -2.15. The summed E-state index contributed by atoms with van der Waals surface area (Å²) in [6.45, 7) is 6.07. The van der Waals surface area contributed by atoms with Gasteiger partial charge in [0.2, 0.25) is 0 Å². The second kappa shape index (κ2) is 6.28. The van der Waals surface area contributed by atoms with Gasteiger partial charge in [0, 0.05) is 5.69 Å². The number of carbonyl (C=O) groups is 1. The van der Waals surface area contributed by atoms with Crippen LogP contribution in [0.1, 0.15) is 27.0 Å². The highest BCUT2D eigenvalue weighted by atomic mass is 35.5. The number of methoxy groups -OCH3 is 1. The van der Waals surface area contributed by atoms with E-state index in [1.54, 1.807) is 12.1 Å². The molecular formula is C17H19ClN2O2. The third kappa shape index (κ3) is 3.02. The SMILES string of the molecule is COc1c(Cl)ccc(Nc2c(C)cc(C)cc2C)c1C(N)=O. The molecule has 0 bridgehead atoms. The molecule has 0 saturated heterocycles. The molecule has 2 rings (SSSR count). The number of nitrogens with one attached hydrogen (secondary N) is 1. The highest BCUT2D eigenvalue weighted by molar-refractivity contribution is 6.33. The number of ether oxygens (including phenoxy) is 1. The number of aryl methyl sites for hydroxylation is 3. The Bertz CT molecular complexity index is 719. The van der Waals surface area contributed by atoms with Crippen LogP contribution >= 0.6 is 11.6 Å². The number of halogens is 1. The molecular weight excluding hydrogens is 300 g/mol. The molecule has 0 aliphatic carbocycles. The van der Waals surface area contributed by atoms with Crippen LogP contribution in [0.5, 0.6) is 5.75 Å². The van der Waals surface area contributed by atoms with Crippen LogP contribution in [-0.4, -0.2) is 13.0 Å². The first-order valence-corrected chi connectivity index (χ1v) is 7.24. The average Bonchev–Trinajstić information content (AvgIpc) is 2.43. The zero-order valence-corrected chi connectivity index (χ0v) is 13.8. The summed E-state index contributed by atoms with van der Waals surface area (Å²) in [6.07, 6.45) is 0.